The van der Waals surface area contributed by atoms with Crippen LogP contribution in [-0.2, 0) is 5.33 Å². The molecule has 10 heavy (non-hydrogen) atoms. The van der Waals surface area contributed by atoms with Crippen LogP contribution in [0, 0.1) is 0 Å². The summed E-state index contributed by atoms with van der Waals surface area (Å²) in [5.74, 6) is 0. The van der Waals surface area contributed by atoms with Crippen LogP contribution in [0.25, 0.3) is 0 Å². The van der Waals surface area contributed by atoms with Gasteiger partial charge in [0.2, 0.25) is 0 Å². The van der Waals surface area contributed by atoms with Crippen molar-refractivity contribution >= 4 is 43.2 Å². The number of alkyl halides is 1. The Hall–Kier alpha value is 0.460. The third kappa shape index (κ3) is 1.74. The molecule has 0 aliphatic heterocycles. The number of methoxy groups -OCH3 is 1. The molecular weight excluding hydrogens is 280 g/mol. The molecule has 0 radical (unpaired) electrons. The number of hydrogen-bond donors (Lipinski definition) is 0. The predicted molar refractivity (Wildman–Crippen MR) is 51.2 cm³/mol. The van der Waals surface area contributed by atoms with E-state index in [1.807, 2.05) is 0 Å². The van der Waals surface area contributed by atoms with Crippen molar-refractivity contribution in [3.63, 3.8) is 0 Å². The Morgan fingerprint density at radius 1 is 1.70 bits per heavy atom. The van der Waals surface area contributed by atoms with E-state index in [2.05, 4.69) is 37.9 Å². The fourth-order valence-corrected chi connectivity index (χ4v) is 2.65. The zero-order chi connectivity index (χ0) is 7.56. The van der Waals surface area contributed by atoms with Crippen molar-refractivity contribution in [2.45, 2.75) is 5.33 Å². The van der Waals surface area contributed by atoms with Crippen molar-refractivity contribution in [3.05, 3.63) is 15.4 Å². The molecular formula is C6H6Br2OS. The lowest BCUT2D eigenvalue weighted by Crippen LogP contribution is -1.75. The molecule has 4 heteroatoms. The molecule has 56 valence electrons. The first-order chi connectivity index (χ1) is 4.77. The molecule has 0 aliphatic rings. The van der Waals surface area contributed by atoms with Gasteiger partial charge in [0.25, 0.3) is 0 Å². The van der Waals surface area contributed by atoms with Crippen LogP contribution in [0.2, 0.25) is 0 Å². The summed E-state index contributed by atoms with van der Waals surface area (Å²) >= 11 is 8.39. The first-order valence-electron chi connectivity index (χ1n) is 2.66. The summed E-state index contributed by atoms with van der Waals surface area (Å²) in [7, 11) is 1.68. The molecule has 0 N–H and O–H groups in total. The van der Waals surface area contributed by atoms with Crippen LogP contribution in [0.15, 0.2) is 10.5 Å². The summed E-state index contributed by atoms with van der Waals surface area (Å²) in [4.78, 5) is 1.27. The normalized spacial score (nSPS) is 9.90. The number of halogens is 2. The SMILES string of the molecule is COc1sc(CBr)cc1Br. The molecule has 0 aliphatic carbocycles. The van der Waals surface area contributed by atoms with Crippen molar-refractivity contribution in [2.75, 3.05) is 7.11 Å². The first kappa shape index (κ1) is 8.56. The third-order valence-electron chi connectivity index (χ3n) is 1.02. The van der Waals surface area contributed by atoms with Crippen LogP contribution in [0.3, 0.4) is 0 Å². The van der Waals surface area contributed by atoms with Crippen LogP contribution >= 0.6 is 43.2 Å². The largest absolute Gasteiger partial charge is 0.486 e. The Morgan fingerprint density at radius 2 is 2.40 bits per heavy atom. The lowest BCUT2D eigenvalue weighted by Gasteiger charge is -1.91. The molecule has 0 unspecified atom stereocenters. The van der Waals surface area contributed by atoms with Gasteiger partial charge < -0.3 is 4.74 Å². The minimum atomic E-state index is 0.889. The summed E-state index contributed by atoms with van der Waals surface area (Å²) in [6.45, 7) is 0. The van der Waals surface area contributed by atoms with Gasteiger partial charge in [0.1, 0.15) is 0 Å². The average molecular weight is 286 g/mol. The molecule has 1 heterocycles. The van der Waals surface area contributed by atoms with Crippen molar-refractivity contribution in [1.82, 2.24) is 0 Å². The van der Waals surface area contributed by atoms with Gasteiger partial charge in [-0.25, -0.2) is 0 Å². The zero-order valence-electron chi connectivity index (χ0n) is 5.36. The Bertz CT molecular complexity index is 222. The van der Waals surface area contributed by atoms with Gasteiger partial charge in [-0.1, -0.05) is 15.9 Å². The number of thiophene rings is 1. The van der Waals surface area contributed by atoms with E-state index >= 15 is 0 Å². The molecule has 0 saturated heterocycles. The minimum Gasteiger partial charge on any atom is -0.486 e. The maximum Gasteiger partial charge on any atom is 0.188 e. The number of ether oxygens (including phenoxy) is 1. The van der Waals surface area contributed by atoms with Gasteiger partial charge in [0, 0.05) is 10.2 Å². The van der Waals surface area contributed by atoms with Crippen LogP contribution < -0.4 is 4.74 Å². The highest BCUT2D eigenvalue weighted by Crippen LogP contribution is 2.35. The lowest BCUT2D eigenvalue weighted by molar-refractivity contribution is 0.425. The molecule has 0 fully saturated rings. The van der Waals surface area contributed by atoms with Gasteiger partial charge in [0.05, 0.1) is 11.6 Å². The number of rotatable bonds is 2. The Labute approximate surface area is 80.7 Å². The molecule has 0 saturated carbocycles. The van der Waals surface area contributed by atoms with Gasteiger partial charge in [-0.15, -0.1) is 11.3 Å². The van der Waals surface area contributed by atoms with Crippen LogP contribution in [0.1, 0.15) is 4.88 Å². The number of hydrogen-bond acceptors (Lipinski definition) is 2. The topological polar surface area (TPSA) is 9.23 Å². The molecule has 1 rings (SSSR count). The van der Waals surface area contributed by atoms with Gasteiger partial charge in [-0.05, 0) is 22.0 Å². The zero-order valence-corrected chi connectivity index (χ0v) is 9.35. The Morgan fingerprint density at radius 3 is 2.70 bits per heavy atom. The second-order valence-corrected chi connectivity index (χ2v) is 4.20. The quantitative estimate of drug-likeness (QED) is 0.757. The van der Waals surface area contributed by atoms with Gasteiger partial charge in [0.15, 0.2) is 5.06 Å². The van der Waals surface area contributed by atoms with Crippen molar-refractivity contribution < 1.29 is 4.74 Å². The minimum absolute atomic E-state index is 0.889. The van der Waals surface area contributed by atoms with E-state index in [1.54, 1.807) is 18.4 Å². The highest BCUT2D eigenvalue weighted by molar-refractivity contribution is 9.10. The van der Waals surface area contributed by atoms with E-state index < -0.39 is 0 Å². The Kier molecular flexibility index (Phi) is 3.20. The lowest BCUT2D eigenvalue weighted by atomic mass is 10.5. The standard InChI is InChI=1S/C6H6Br2OS/c1-9-6-5(8)2-4(3-7)10-6/h2H,3H2,1H3. The van der Waals surface area contributed by atoms with Crippen molar-refractivity contribution in [2.24, 2.45) is 0 Å². The van der Waals surface area contributed by atoms with E-state index in [0.717, 1.165) is 14.9 Å². The van der Waals surface area contributed by atoms with E-state index in [-0.39, 0.29) is 0 Å². The van der Waals surface area contributed by atoms with E-state index in [0.29, 0.717) is 0 Å². The van der Waals surface area contributed by atoms with Gasteiger partial charge >= 0.3 is 0 Å². The fourth-order valence-electron chi connectivity index (χ4n) is 0.603. The molecule has 1 aromatic heterocycles. The van der Waals surface area contributed by atoms with Crippen LogP contribution in [0.4, 0.5) is 0 Å². The predicted octanol–water partition coefficient (Wildman–Crippen LogP) is 3.41. The maximum absolute atomic E-state index is 5.08. The van der Waals surface area contributed by atoms with E-state index in [4.69, 9.17) is 4.74 Å². The fraction of sp³-hybridized carbons (Fsp3) is 0.333. The molecule has 0 bridgehead atoms. The molecule has 1 aromatic rings. The summed E-state index contributed by atoms with van der Waals surface area (Å²) in [5, 5.41) is 1.83. The van der Waals surface area contributed by atoms with Crippen LogP contribution in [-0.4, -0.2) is 7.11 Å². The summed E-state index contributed by atoms with van der Waals surface area (Å²) in [5.41, 5.74) is 0. The second-order valence-electron chi connectivity index (χ2n) is 1.69. The van der Waals surface area contributed by atoms with E-state index in [9.17, 15) is 0 Å². The highest BCUT2D eigenvalue weighted by Gasteiger charge is 2.04. The van der Waals surface area contributed by atoms with Crippen molar-refractivity contribution in [3.8, 4) is 5.06 Å². The van der Waals surface area contributed by atoms with Gasteiger partial charge in [-0.3, -0.25) is 0 Å². The monoisotopic (exact) mass is 284 g/mol. The smallest absolute Gasteiger partial charge is 0.188 e. The molecule has 0 aromatic carbocycles. The first-order valence-corrected chi connectivity index (χ1v) is 5.39. The van der Waals surface area contributed by atoms with Crippen LogP contribution in [0.5, 0.6) is 5.06 Å². The molecule has 0 amide bonds. The van der Waals surface area contributed by atoms with Gasteiger partial charge in [-0.2, -0.15) is 0 Å². The third-order valence-corrected chi connectivity index (χ3v) is 3.95. The van der Waals surface area contributed by atoms with E-state index in [1.165, 1.54) is 4.88 Å². The molecule has 0 spiro atoms. The highest BCUT2D eigenvalue weighted by atomic mass is 79.9. The second kappa shape index (κ2) is 3.74. The Balaban J connectivity index is 2.92. The molecule has 0 atom stereocenters. The summed E-state index contributed by atoms with van der Waals surface area (Å²) in [6.07, 6.45) is 0. The van der Waals surface area contributed by atoms with Crippen molar-refractivity contribution in [1.29, 1.82) is 0 Å². The summed E-state index contributed by atoms with van der Waals surface area (Å²) < 4.78 is 6.11. The average Bonchev–Trinajstić information content (AvgIpc) is 2.30. The maximum atomic E-state index is 5.08. The summed E-state index contributed by atoms with van der Waals surface area (Å²) in [6, 6.07) is 2.05. The molecule has 1 nitrogen and oxygen atoms in total.